The highest BCUT2D eigenvalue weighted by atomic mass is 16.6. The van der Waals surface area contributed by atoms with Crippen LogP contribution in [0.2, 0.25) is 0 Å². The van der Waals surface area contributed by atoms with Crippen LogP contribution in [-0.4, -0.2) is 64.5 Å². The first kappa shape index (κ1) is 30.1. The van der Waals surface area contributed by atoms with Gasteiger partial charge in [0.05, 0.1) is 50.1 Å². The number of benzene rings is 1. The number of methoxy groups -OCH3 is 3. The number of carbonyl (C=O) groups is 4. The van der Waals surface area contributed by atoms with Crippen LogP contribution in [0.15, 0.2) is 58.6 Å². The lowest BCUT2D eigenvalue weighted by Crippen LogP contribution is -2.33. The van der Waals surface area contributed by atoms with Gasteiger partial charge in [0.15, 0.2) is 0 Å². The van der Waals surface area contributed by atoms with Crippen LogP contribution >= 0.6 is 0 Å². The van der Waals surface area contributed by atoms with Gasteiger partial charge in [-0.1, -0.05) is 12.1 Å². The van der Waals surface area contributed by atoms with Crippen molar-refractivity contribution in [3.05, 3.63) is 64.1 Å². The number of anilines is 1. The van der Waals surface area contributed by atoms with E-state index in [4.69, 9.17) is 18.9 Å². The van der Waals surface area contributed by atoms with Crippen LogP contribution in [0.1, 0.15) is 39.2 Å². The van der Waals surface area contributed by atoms with E-state index in [1.165, 1.54) is 21.3 Å². The molecule has 0 radical (unpaired) electrons. The van der Waals surface area contributed by atoms with Crippen molar-refractivity contribution in [2.75, 3.05) is 39.9 Å². The Bertz CT molecular complexity index is 1160. The van der Waals surface area contributed by atoms with Gasteiger partial charge in [-0.25, -0.2) is 19.2 Å². The molecule has 2 N–H and O–H groups in total. The number of ether oxygens (including phenoxy) is 5. The maximum Gasteiger partial charge on any atom is 0.354 e. The predicted molar refractivity (Wildman–Crippen MR) is 138 cm³/mol. The molecule has 0 saturated heterocycles. The van der Waals surface area contributed by atoms with Crippen LogP contribution in [0, 0.1) is 0 Å². The highest BCUT2D eigenvalue weighted by Gasteiger charge is 2.38. The quantitative estimate of drug-likeness (QED) is 0.189. The largest absolute Gasteiger partial charge is 0.466 e. The molecule has 206 valence electrons. The maximum atomic E-state index is 13.2. The number of hydrogen-bond donors (Lipinski definition) is 2. The van der Waals surface area contributed by atoms with E-state index >= 15 is 0 Å². The van der Waals surface area contributed by atoms with Gasteiger partial charge in [-0.15, -0.1) is 0 Å². The van der Waals surface area contributed by atoms with Crippen molar-refractivity contribution in [1.82, 2.24) is 5.32 Å². The van der Waals surface area contributed by atoms with Crippen molar-refractivity contribution in [3.8, 4) is 0 Å². The minimum absolute atomic E-state index is 0.0235. The maximum absolute atomic E-state index is 13.2. The summed E-state index contributed by atoms with van der Waals surface area (Å²) in [6.07, 6.45) is 0.563. The zero-order valence-corrected chi connectivity index (χ0v) is 22.6. The molecule has 2 rings (SSSR count). The molecule has 1 unspecified atom stereocenters. The molecular formula is C27H34N2O9. The summed E-state index contributed by atoms with van der Waals surface area (Å²) in [6.45, 7) is 7.12. The van der Waals surface area contributed by atoms with Gasteiger partial charge < -0.3 is 34.3 Å². The van der Waals surface area contributed by atoms with E-state index in [1.54, 1.807) is 52.0 Å². The minimum Gasteiger partial charge on any atom is -0.466 e. The number of rotatable bonds is 11. The number of esters is 4. The van der Waals surface area contributed by atoms with Crippen LogP contribution in [0.25, 0.3) is 0 Å². The van der Waals surface area contributed by atoms with E-state index in [0.29, 0.717) is 22.6 Å². The molecule has 0 saturated carbocycles. The second-order valence-electron chi connectivity index (χ2n) is 8.54. The Labute approximate surface area is 221 Å². The number of dihydropyridines is 1. The van der Waals surface area contributed by atoms with E-state index in [0.717, 1.165) is 6.08 Å². The molecule has 0 spiro atoms. The Hall–Kier alpha value is -4.12. The van der Waals surface area contributed by atoms with Crippen LogP contribution in [-0.2, 0) is 42.9 Å². The highest BCUT2D eigenvalue weighted by Crippen LogP contribution is 2.40. The summed E-state index contributed by atoms with van der Waals surface area (Å²) in [6, 6.07) is 6.70. The molecule has 1 aromatic carbocycles. The first-order chi connectivity index (χ1) is 18.0. The Morgan fingerprint density at radius 1 is 0.974 bits per heavy atom. The van der Waals surface area contributed by atoms with Crippen LogP contribution in [0.4, 0.5) is 5.69 Å². The fourth-order valence-corrected chi connectivity index (χ4v) is 3.83. The lowest BCUT2D eigenvalue weighted by molar-refractivity contribution is -0.143. The van der Waals surface area contributed by atoms with Crippen molar-refractivity contribution in [1.29, 1.82) is 0 Å². The number of allylic oxidation sites excluding steroid dienone is 2. The lowest BCUT2D eigenvalue weighted by Gasteiger charge is -2.31. The summed E-state index contributed by atoms with van der Waals surface area (Å²) < 4.78 is 25.3. The van der Waals surface area contributed by atoms with Crippen LogP contribution in [0.5, 0.6) is 0 Å². The SMILES string of the molecule is COCCOC(=O)C1=C(C)NC(C)=C(C(=O)OC(C)C)C1c1cccc(N/C(=C/C(=O)OC)C(=O)OC)c1. The van der Waals surface area contributed by atoms with Gasteiger partial charge in [0.25, 0.3) is 0 Å². The second-order valence-corrected chi connectivity index (χ2v) is 8.54. The van der Waals surface area contributed by atoms with Gasteiger partial charge >= 0.3 is 23.9 Å². The summed E-state index contributed by atoms with van der Waals surface area (Å²) in [4.78, 5) is 50.5. The molecule has 38 heavy (non-hydrogen) atoms. The van der Waals surface area contributed by atoms with E-state index in [2.05, 4.69) is 15.4 Å². The third-order valence-corrected chi connectivity index (χ3v) is 5.43. The monoisotopic (exact) mass is 530 g/mol. The second kappa shape index (κ2) is 14.0. The number of nitrogens with one attached hydrogen (secondary N) is 2. The molecule has 0 amide bonds. The molecule has 11 nitrogen and oxygen atoms in total. The summed E-state index contributed by atoms with van der Waals surface area (Å²) >= 11 is 0. The zero-order chi connectivity index (χ0) is 28.4. The first-order valence-electron chi connectivity index (χ1n) is 11.8. The van der Waals surface area contributed by atoms with Crippen LogP contribution in [0.3, 0.4) is 0 Å². The predicted octanol–water partition coefficient (Wildman–Crippen LogP) is 2.70. The molecule has 1 atom stereocenters. The summed E-state index contributed by atoms with van der Waals surface area (Å²) in [5.41, 5.74) is 2.24. The smallest absolute Gasteiger partial charge is 0.354 e. The molecule has 0 aliphatic carbocycles. The molecular weight excluding hydrogens is 496 g/mol. The average Bonchev–Trinajstić information content (AvgIpc) is 2.86. The molecule has 0 aromatic heterocycles. The molecule has 0 fully saturated rings. The number of carbonyl (C=O) groups excluding carboxylic acids is 4. The van der Waals surface area contributed by atoms with Gasteiger partial charge in [0, 0.05) is 24.2 Å². The van der Waals surface area contributed by atoms with Gasteiger partial charge in [-0.3, -0.25) is 0 Å². The fraction of sp³-hybridized carbons (Fsp3) is 0.407. The van der Waals surface area contributed by atoms with Crippen molar-refractivity contribution >= 4 is 29.6 Å². The number of hydrogen-bond acceptors (Lipinski definition) is 11. The molecule has 1 aromatic rings. The summed E-state index contributed by atoms with van der Waals surface area (Å²) in [5.74, 6) is -3.63. The molecule has 1 aliphatic heterocycles. The third kappa shape index (κ3) is 7.69. The third-order valence-electron chi connectivity index (χ3n) is 5.43. The van der Waals surface area contributed by atoms with Crippen molar-refractivity contribution in [3.63, 3.8) is 0 Å². The Balaban J connectivity index is 2.62. The van der Waals surface area contributed by atoms with E-state index in [-0.39, 0.29) is 30.1 Å². The summed E-state index contributed by atoms with van der Waals surface area (Å²) in [5, 5.41) is 5.94. The van der Waals surface area contributed by atoms with Gasteiger partial charge in [-0.05, 0) is 45.4 Å². The molecule has 0 bridgehead atoms. The van der Waals surface area contributed by atoms with Crippen molar-refractivity contribution in [2.24, 2.45) is 0 Å². The Morgan fingerprint density at radius 3 is 2.21 bits per heavy atom. The lowest BCUT2D eigenvalue weighted by atomic mass is 9.80. The van der Waals surface area contributed by atoms with E-state index in [1.807, 2.05) is 0 Å². The van der Waals surface area contributed by atoms with Gasteiger partial charge in [-0.2, -0.15) is 0 Å². The summed E-state index contributed by atoms with van der Waals surface area (Å²) in [7, 11) is 3.85. The van der Waals surface area contributed by atoms with E-state index < -0.39 is 35.9 Å². The molecule has 1 heterocycles. The van der Waals surface area contributed by atoms with E-state index in [9.17, 15) is 19.2 Å². The highest BCUT2D eigenvalue weighted by molar-refractivity contribution is 6.00. The van der Waals surface area contributed by atoms with Crippen molar-refractivity contribution in [2.45, 2.75) is 39.7 Å². The molecule has 1 aliphatic rings. The van der Waals surface area contributed by atoms with Gasteiger partial charge in [0.1, 0.15) is 12.3 Å². The average molecular weight is 531 g/mol. The first-order valence-corrected chi connectivity index (χ1v) is 11.8. The van der Waals surface area contributed by atoms with Gasteiger partial charge in [0.2, 0.25) is 0 Å². The zero-order valence-electron chi connectivity index (χ0n) is 22.6. The minimum atomic E-state index is -0.856. The van der Waals surface area contributed by atoms with Crippen LogP contribution < -0.4 is 10.6 Å². The normalized spacial score (nSPS) is 15.6. The Kier molecular flexibility index (Phi) is 11.1. The fourth-order valence-electron chi connectivity index (χ4n) is 3.83. The topological polar surface area (TPSA) is 138 Å². The Morgan fingerprint density at radius 2 is 1.63 bits per heavy atom. The van der Waals surface area contributed by atoms with Crippen molar-refractivity contribution < 1.29 is 42.9 Å². The molecule has 11 heteroatoms. The standard InChI is InChI=1S/C27H34N2O9/c1-15(2)38-27(33)23-17(4)28-16(3)22(26(32)37-12-11-34-5)24(23)18-9-8-10-19(13-18)29-20(25(31)36-7)14-21(30)35-6/h8-10,13-15,24,28-29H,11-12H2,1-7H3/b20-14+.